The third-order valence-corrected chi connectivity index (χ3v) is 3.44. The predicted octanol–water partition coefficient (Wildman–Crippen LogP) is 2.76. The van der Waals surface area contributed by atoms with E-state index in [9.17, 15) is 0 Å². The summed E-state index contributed by atoms with van der Waals surface area (Å²) in [6, 6.07) is 5.14. The smallest absolute Gasteiger partial charge is 0.123 e. The number of ether oxygens (including phenoxy) is 1. The Hall–Kier alpha value is -1.18. The molecule has 80 valence electrons. The van der Waals surface area contributed by atoms with Crippen molar-refractivity contribution in [1.29, 1.82) is 0 Å². The van der Waals surface area contributed by atoms with Gasteiger partial charge in [0.15, 0.2) is 0 Å². The van der Waals surface area contributed by atoms with E-state index in [-0.39, 0.29) is 0 Å². The van der Waals surface area contributed by atoms with Crippen molar-refractivity contribution >= 4 is 5.69 Å². The van der Waals surface area contributed by atoms with Crippen molar-refractivity contribution in [2.75, 3.05) is 5.32 Å². The molecular weight excluding hydrogens is 186 g/mol. The molecule has 0 fully saturated rings. The highest BCUT2D eigenvalue weighted by Crippen LogP contribution is 2.37. The first-order valence-electron chi connectivity index (χ1n) is 5.85. The van der Waals surface area contributed by atoms with Gasteiger partial charge in [0.2, 0.25) is 0 Å². The molecule has 2 aliphatic heterocycles. The maximum atomic E-state index is 5.77. The van der Waals surface area contributed by atoms with Gasteiger partial charge in [-0.2, -0.15) is 0 Å². The molecule has 0 radical (unpaired) electrons. The molecule has 2 aliphatic rings. The van der Waals surface area contributed by atoms with Crippen molar-refractivity contribution in [1.82, 2.24) is 0 Å². The van der Waals surface area contributed by atoms with Crippen LogP contribution < -0.4 is 10.1 Å². The van der Waals surface area contributed by atoms with Crippen molar-refractivity contribution in [2.24, 2.45) is 0 Å². The van der Waals surface area contributed by atoms with Crippen molar-refractivity contribution in [3.63, 3.8) is 0 Å². The highest BCUT2D eigenvalue weighted by atomic mass is 16.5. The minimum absolute atomic E-state index is 0.351. The van der Waals surface area contributed by atoms with E-state index in [4.69, 9.17) is 4.74 Å². The predicted molar refractivity (Wildman–Crippen MR) is 61.6 cm³/mol. The van der Waals surface area contributed by atoms with Gasteiger partial charge < -0.3 is 10.1 Å². The van der Waals surface area contributed by atoms with Crippen molar-refractivity contribution < 1.29 is 4.74 Å². The minimum atomic E-state index is 0.351. The molecule has 1 aromatic carbocycles. The summed E-state index contributed by atoms with van der Waals surface area (Å²) in [6.07, 6.45) is 3.75. The molecule has 1 aromatic rings. The zero-order valence-electron chi connectivity index (χ0n) is 9.34. The standard InChI is InChI=1S/C13H17NO/c1-3-11-5-9-7-13-10(4-8(2)15-13)6-12(9)14-11/h6-8,11,14H,3-5H2,1-2H3. The second kappa shape index (κ2) is 3.16. The largest absolute Gasteiger partial charge is 0.490 e. The van der Waals surface area contributed by atoms with Crippen LogP contribution in [0.2, 0.25) is 0 Å². The van der Waals surface area contributed by atoms with Crippen LogP contribution >= 0.6 is 0 Å². The summed E-state index contributed by atoms with van der Waals surface area (Å²) in [5.74, 6) is 1.11. The summed E-state index contributed by atoms with van der Waals surface area (Å²) in [5, 5.41) is 3.57. The Morgan fingerprint density at radius 1 is 1.33 bits per heavy atom. The fourth-order valence-electron chi connectivity index (χ4n) is 2.59. The lowest BCUT2D eigenvalue weighted by Gasteiger charge is -2.06. The maximum absolute atomic E-state index is 5.77. The third kappa shape index (κ3) is 1.39. The molecule has 2 heterocycles. The van der Waals surface area contributed by atoms with Crippen LogP contribution in [0.3, 0.4) is 0 Å². The van der Waals surface area contributed by atoms with Gasteiger partial charge in [0.25, 0.3) is 0 Å². The van der Waals surface area contributed by atoms with E-state index >= 15 is 0 Å². The van der Waals surface area contributed by atoms with Crippen molar-refractivity contribution in [3.05, 3.63) is 23.3 Å². The normalized spacial score (nSPS) is 26.8. The monoisotopic (exact) mass is 203 g/mol. The Balaban J connectivity index is 1.96. The summed E-state index contributed by atoms with van der Waals surface area (Å²) in [5.41, 5.74) is 4.12. The molecule has 0 aromatic heterocycles. The van der Waals surface area contributed by atoms with Gasteiger partial charge in [0.1, 0.15) is 11.9 Å². The van der Waals surface area contributed by atoms with Crippen LogP contribution in [0.4, 0.5) is 5.69 Å². The van der Waals surface area contributed by atoms with Gasteiger partial charge in [0.05, 0.1) is 0 Å². The molecule has 0 aliphatic carbocycles. The molecule has 1 N–H and O–H groups in total. The molecule has 15 heavy (non-hydrogen) atoms. The number of fused-ring (bicyclic) bond motifs is 2. The number of rotatable bonds is 1. The highest BCUT2D eigenvalue weighted by Gasteiger charge is 2.25. The Kier molecular flexibility index (Phi) is 1.91. The molecule has 2 heteroatoms. The molecule has 0 saturated carbocycles. The lowest BCUT2D eigenvalue weighted by atomic mass is 10.0. The lowest BCUT2D eigenvalue weighted by Crippen LogP contribution is -2.13. The van der Waals surface area contributed by atoms with Crippen molar-refractivity contribution in [2.45, 2.75) is 45.3 Å². The number of hydrogen-bond donors (Lipinski definition) is 1. The Labute approximate surface area is 90.6 Å². The van der Waals surface area contributed by atoms with Crippen LogP contribution in [-0.2, 0) is 12.8 Å². The molecule has 2 unspecified atom stereocenters. The second-order valence-corrected chi connectivity index (χ2v) is 4.70. The van der Waals surface area contributed by atoms with Gasteiger partial charge in [-0.25, -0.2) is 0 Å². The van der Waals surface area contributed by atoms with Gasteiger partial charge in [-0.1, -0.05) is 6.92 Å². The molecule has 2 nitrogen and oxygen atoms in total. The fraction of sp³-hybridized carbons (Fsp3) is 0.538. The van der Waals surface area contributed by atoms with E-state index in [1.807, 2.05) is 0 Å². The van der Waals surface area contributed by atoms with Crippen LogP contribution in [0.1, 0.15) is 31.4 Å². The van der Waals surface area contributed by atoms with Gasteiger partial charge in [-0.15, -0.1) is 0 Å². The second-order valence-electron chi connectivity index (χ2n) is 4.70. The molecule has 0 amide bonds. The van der Waals surface area contributed by atoms with E-state index in [0.717, 1.165) is 18.6 Å². The van der Waals surface area contributed by atoms with E-state index in [0.29, 0.717) is 12.1 Å². The Morgan fingerprint density at radius 2 is 2.20 bits per heavy atom. The van der Waals surface area contributed by atoms with Crippen LogP contribution in [-0.4, -0.2) is 12.1 Å². The first-order valence-corrected chi connectivity index (χ1v) is 5.85. The van der Waals surface area contributed by atoms with Crippen molar-refractivity contribution in [3.8, 4) is 5.75 Å². The van der Waals surface area contributed by atoms with E-state index in [2.05, 4.69) is 31.3 Å². The molecule has 3 rings (SSSR count). The number of hydrogen-bond acceptors (Lipinski definition) is 2. The minimum Gasteiger partial charge on any atom is -0.490 e. The van der Waals surface area contributed by atoms with Crippen LogP contribution in [0, 0.1) is 0 Å². The zero-order valence-corrected chi connectivity index (χ0v) is 9.34. The molecule has 2 atom stereocenters. The number of anilines is 1. The van der Waals surface area contributed by atoms with Crippen LogP contribution in [0.15, 0.2) is 12.1 Å². The average Bonchev–Trinajstić information content (AvgIpc) is 2.74. The van der Waals surface area contributed by atoms with Crippen LogP contribution in [0.25, 0.3) is 0 Å². The maximum Gasteiger partial charge on any atom is 0.123 e. The van der Waals surface area contributed by atoms with E-state index < -0.39 is 0 Å². The molecule has 0 bridgehead atoms. The molecule has 0 saturated heterocycles. The summed E-state index contributed by atoms with van der Waals surface area (Å²) in [4.78, 5) is 0. The highest BCUT2D eigenvalue weighted by molar-refractivity contribution is 5.62. The summed E-state index contributed by atoms with van der Waals surface area (Å²) in [7, 11) is 0. The average molecular weight is 203 g/mol. The first-order chi connectivity index (χ1) is 7.26. The van der Waals surface area contributed by atoms with Gasteiger partial charge >= 0.3 is 0 Å². The summed E-state index contributed by atoms with van der Waals surface area (Å²) < 4.78 is 5.77. The Morgan fingerprint density at radius 3 is 3.00 bits per heavy atom. The molecular formula is C13H17NO. The number of benzene rings is 1. The fourth-order valence-corrected chi connectivity index (χ4v) is 2.59. The Bertz CT molecular complexity index is 365. The van der Waals surface area contributed by atoms with Gasteiger partial charge in [-0.3, -0.25) is 0 Å². The lowest BCUT2D eigenvalue weighted by molar-refractivity contribution is 0.254. The SMILES string of the molecule is CCC1Cc2cc3c(cc2N1)CC(C)O3. The first kappa shape index (κ1) is 9.08. The summed E-state index contributed by atoms with van der Waals surface area (Å²) in [6.45, 7) is 4.36. The van der Waals surface area contributed by atoms with Gasteiger partial charge in [0, 0.05) is 18.2 Å². The van der Waals surface area contributed by atoms with Gasteiger partial charge in [-0.05, 0) is 43.0 Å². The van der Waals surface area contributed by atoms with E-state index in [1.54, 1.807) is 0 Å². The van der Waals surface area contributed by atoms with E-state index in [1.165, 1.54) is 23.2 Å². The van der Waals surface area contributed by atoms with Crippen LogP contribution in [0.5, 0.6) is 5.75 Å². The number of nitrogens with one attached hydrogen (secondary N) is 1. The zero-order chi connectivity index (χ0) is 10.4. The molecule has 0 spiro atoms. The summed E-state index contributed by atoms with van der Waals surface area (Å²) >= 11 is 0. The third-order valence-electron chi connectivity index (χ3n) is 3.44. The quantitative estimate of drug-likeness (QED) is 0.757. The topological polar surface area (TPSA) is 21.3 Å².